The molecule has 0 aliphatic carbocycles. The lowest BCUT2D eigenvalue weighted by Crippen LogP contribution is -2.30. The minimum absolute atomic E-state index is 0.127. The molecule has 26 heavy (non-hydrogen) atoms. The summed E-state index contributed by atoms with van der Waals surface area (Å²) in [5.41, 5.74) is 4.12. The van der Waals surface area contributed by atoms with Crippen LogP contribution >= 0.6 is 0 Å². The quantitative estimate of drug-likeness (QED) is 0.767. The van der Waals surface area contributed by atoms with E-state index < -0.39 is 0 Å². The number of para-hydroxylation sites is 1. The first-order valence-electron chi connectivity index (χ1n) is 8.80. The number of amides is 1. The van der Waals surface area contributed by atoms with Crippen LogP contribution in [0, 0.1) is 0 Å². The Hall–Kier alpha value is -3.08. The highest BCUT2D eigenvalue weighted by atomic mass is 16.3. The molecule has 1 aliphatic rings. The monoisotopic (exact) mass is 347 g/mol. The zero-order valence-corrected chi connectivity index (χ0v) is 14.7. The van der Waals surface area contributed by atoms with E-state index in [1.807, 2.05) is 18.2 Å². The lowest BCUT2D eigenvalue weighted by molar-refractivity contribution is 0.0949. The number of rotatable bonds is 5. The average molecular weight is 347 g/mol. The number of carbonyl (C=O) groups excluding carboxylic acids is 1. The molecule has 1 atom stereocenters. The van der Waals surface area contributed by atoms with Gasteiger partial charge in [-0.1, -0.05) is 24.3 Å². The maximum absolute atomic E-state index is 12.6. The van der Waals surface area contributed by atoms with Crippen molar-refractivity contribution in [3.05, 3.63) is 83.6 Å². The van der Waals surface area contributed by atoms with Crippen LogP contribution in [0.15, 0.2) is 65.5 Å². The van der Waals surface area contributed by atoms with E-state index in [0.29, 0.717) is 30.5 Å². The van der Waals surface area contributed by atoms with Crippen molar-refractivity contribution >= 4 is 11.6 Å². The van der Waals surface area contributed by atoms with E-state index in [1.165, 1.54) is 11.3 Å². The number of carbonyl (C=O) groups is 1. The number of nitrogens with zero attached hydrogens (tertiary/aromatic N) is 2. The van der Waals surface area contributed by atoms with Crippen molar-refractivity contribution in [3.63, 3.8) is 0 Å². The maximum Gasteiger partial charge on any atom is 0.255 e. The van der Waals surface area contributed by atoms with Crippen LogP contribution in [0.3, 0.4) is 0 Å². The summed E-state index contributed by atoms with van der Waals surface area (Å²) in [6, 6.07) is 14.3. The second-order valence-electron chi connectivity index (χ2n) is 6.61. The first kappa shape index (κ1) is 16.4. The van der Waals surface area contributed by atoms with Crippen molar-refractivity contribution in [1.82, 2.24) is 10.3 Å². The molecule has 3 aromatic rings. The molecule has 0 fully saturated rings. The van der Waals surface area contributed by atoms with Crippen molar-refractivity contribution in [2.45, 2.75) is 32.5 Å². The highest BCUT2D eigenvalue weighted by Gasteiger charge is 2.27. The van der Waals surface area contributed by atoms with Crippen LogP contribution in [0.5, 0.6) is 0 Å². The van der Waals surface area contributed by atoms with Gasteiger partial charge in [-0.2, -0.15) is 0 Å². The van der Waals surface area contributed by atoms with Gasteiger partial charge in [-0.25, -0.2) is 0 Å². The molecule has 3 heterocycles. The Kier molecular flexibility index (Phi) is 4.44. The molecular weight excluding hydrogens is 326 g/mol. The third kappa shape index (κ3) is 3.20. The van der Waals surface area contributed by atoms with E-state index in [1.54, 1.807) is 24.7 Å². The second kappa shape index (κ2) is 7.04. The molecule has 132 valence electrons. The molecule has 1 aromatic carbocycles. The van der Waals surface area contributed by atoms with Crippen molar-refractivity contribution in [1.29, 1.82) is 0 Å². The van der Waals surface area contributed by atoms with Crippen LogP contribution in [-0.4, -0.2) is 16.9 Å². The third-order valence-electron chi connectivity index (χ3n) is 4.83. The normalized spacial score (nSPS) is 15.7. The molecule has 2 aromatic heterocycles. The van der Waals surface area contributed by atoms with Gasteiger partial charge in [0.15, 0.2) is 0 Å². The zero-order chi connectivity index (χ0) is 17.9. The number of nitrogens with one attached hydrogen (secondary N) is 1. The van der Waals surface area contributed by atoms with E-state index in [4.69, 9.17) is 4.42 Å². The van der Waals surface area contributed by atoms with Crippen LogP contribution in [0.1, 0.15) is 34.2 Å². The van der Waals surface area contributed by atoms with Gasteiger partial charge >= 0.3 is 0 Å². The Balaban J connectivity index is 1.48. The van der Waals surface area contributed by atoms with Gasteiger partial charge in [0.25, 0.3) is 5.91 Å². The molecule has 0 spiro atoms. The molecule has 5 heteroatoms. The van der Waals surface area contributed by atoms with Crippen LogP contribution in [0.4, 0.5) is 5.69 Å². The molecule has 0 radical (unpaired) electrons. The van der Waals surface area contributed by atoms with Gasteiger partial charge in [-0.05, 0) is 42.7 Å². The van der Waals surface area contributed by atoms with Gasteiger partial charge in [-0.3, -0.25) is 9.78 Å². The number of benzene rings is 1. The molecule has 1 aliphatic heterocycles. The Morgan fingerprint density at radius 2 is 2.15 bits per heavy atom. The molecule has 1 amide bonds. The Morgan fingerprint density at radius 1 is 1.27 bits per heavy atom. The standard InChI is InChI=1S/C21H21N3O2/c1-15-11-17-6-2-3-7-19(17)24(15)14-20-18(8-10-26-20)21(25)23-13-16-5-4-9-22-12-16/h2-10,12,15H,11,13-14H2,1H3,(H,23,25)/t15-/m1/s1. The number of pyridine rings is 1. The summed E-state index contributed by atoms with van der Waals surface area (Å²) in [7, 11) is 0. The predicted molar refractivity (Wildman–Crippen MR) is 99.9 cm³/mol. The summed E-state index contributed by atoms with van der Waals surface area (Å²) in [6.45, 7) is 3.23. The summed E-state index contributed by atoms with van der Waals surface area (Å²) >= 11 is 0. The van der Waals surface area contributed by atoms with Gasteiger partial charge in [0.2, 0.25) is 0 Å². The third-order valence-corrected chi connectivity index (χ3v) is 4.83. The van der Waals surface area contributed by atoms with Gasteiger partial charge in [0, 0.05) is 30.7 Å². The highest BCUT2D eigenvalue weighted by Crippen LogP contribution is 2.33. The van der Waals surface area contributed by atoms with Crippen molar-refractivity contribution in [3.8, 4) is 0 Å². The molecule has 0 bridgehead atoms. The van der Waals surface area contributed by atoms with Gasteiger partial charge in [-0.15, -0.1) is 0 Å². The van der Waals surface area contributed by atoms with Gasteiger partial charge in [0.05, 0.1) is 18.4 Å². The molecule has 0 saturated carbocycles. The zero-order valence-electron chi connectivity index (χ0n) is 14.7. The number of aromatic nitrogens is 1. The first-order chi connectivity index (χ1) is 12.7. The summed E-state index contributed by atoms with van der Waals surface area (Å²) < 4.78 is 5.65. The summed E-state index contributed by atoms with van der Waals surface area (Å²) in [5, 5.41) is 2.94. The van der Waals surface area contributed by atoms with Crippen molar-refractivity contribution in [2.75, 3.05) is 4.90 Å². The van der Waals surface area contributed by atoms with E-state index in [9.17, 15) is 4.79 Å². The van der Waals surface area contributed by atoms with E-state index >= 15 is 0 Å². The number of hydrogen-bond acceptors (Lipinski definition) is 4. The van der Waals surface area contributed by atoms with E-state index in [0.717, 1.165) is 12.0 Å². The molecule has 0 unspecified atom stereocenters. The Morgan fingerprint density at radius 3 is 3.00 bits per heavy atom. The second-order valence-corrected chi connectivity index (χ2v) is 6.61. The predicted octanol–water partition coefficient (Wildman–Crippen LogP) is 3.56. The number of furan rings is 1. The van der Waals surface area contributed by atoms with Crippen LogP contribution in [-0.2, 0) is 19.5 Å². The maximum atomic E-state index is 12.6. The Labute approximate surface area is 152 Å². The lowest BCUT2D eigenvalue weighted by atomic mass is 10.1. The van der Waals surface area contributed by atoms with Crippen LogP contribution in [0.25, 0.3) is 0 Å². The smallest absolute Gasteiger partial charge is 0.255 e. The highest BCUT2D eigenvalue weighted by molar-refractivity contribution is 5.95. The fraction of sp³-hybridized carbons (Fsp3) is 0.238. The molecule has 1 N–H and O–H groups in total. The molecular formula is C21H21N3O2. The average Bonchev–Trinajstić information content (AvgIpc) is 3.26. The summed E-state index contributed by atoms with van der Waals surface area (Å²) in [6.07, 6.45) is 6.06. The summed E-state index contributed by atoms with van der Waals surface area (Å²) in [4.78, 5) is 19.0. The van der Waals surface area contributed by atoms with Crippen molar-refractivity contribution in [2.24, 2.45) is 0 Å². The number of anilines is 1. The number of hydrogen-bond donors (Lipinski definition) is 1. The Bertz CT molecular complexity index is 904. The fourth-order valence-electron chi connectivity index (χ4n) is 3.47. The van der Waals surface area contributed by atoms with E-state index in [-0.39, 0.29) is 5.91 Å². The minimum Gasteiger partial charge on any atom is -0.467 e. The summed E-state index contributed by atoms with van der Waals surface area (Å²) in [5.74, 6) is 0.565. The van der Waals surface area contributed by atoms with Gasteiger partial charge in [0.1, 0.15) is 5.76 Å². The van der Waals surface area contributed by atoms with Crippen LogP contribution in [0.2, 0.25) is 0 Å². The first-order valence-corrected chi connectivity index (χ1v) is 8.80. The number of fused-ring (bicyclic) bond motifs is 1. The molecule has 4 rings (SSSR count). The minimum atomic E-state index is -0.127. The van der Waals surface area contributed by atoms with Crippen molar-refractivity contribution < 1.29 is 9.21 Å². The largest absolute Gasteiger partial charge is 0.467 e. The molecule has 0 saturated heterocycles. The fourth-order valence-corrected chi connectivity index (χ4v) is 3.47. The van der Waals surface area contributed by atoms with Gasteiger partial charge < -0.3 is 14.6 Å². The molecule has 5 nitrogen and oxygen atoms in total. The topological polar surface area (TPSA) is 58.4 Å². The SMILES string of the molecule is C[C@@H]1Cc2ccccc2N1Cc1occc1C(=O)NCc1cccnc1. The van der Waals surface area contributed by atoms with E-state index in [2.05, 4.69) is 40.3 Å². The van der Waals surface area contributed by atoms with Crippen LogP contribution < -0.4 is 10.2 Å². The lowest BCUT2D eigenvalue weighted by Gasteiger charge is -2.24.